The second kappa shape index (κ2) is 7.25. The van der Waals surface area contributed by atoms with Gasteiger partial charge in [0.25, 0.3) is 0 Å². The highest BCUT2D eigenvalue weighted by Crippen LogP contribution is 2.21. The van der Waals surface area contributed by atoms with Crippen LogP contribution in [0.2, 0.25) is 0 Å². The topological polar surface area (TPSA) is 34.6 Å². The van der Waals surface area contributed by atoms with Gasteiger partial charge in [-0.25, -0.2) is 4.98 Å². The Labute approximate surface area is 122 Å². The van der Waals surface area contributed by atoms with Crippen LogP contribution in [0.5, 0.6) is 5.75 Å². The molecular formula is C13H19IN2O2. The molecule has 1 aliphatic rings. The number of aromatic nitrogens is 1. The molecule has 100 valence electrons. The molecule has 0 N–H and O–H groups in total. The number of rotatable bonds is 5. The van der Waals surface area contributed by atoms with Gasteiger partial charge < -0.3 is 9.47 Å². The first-order valence-corrected chi connectivity index (χ1v) is 7.45. The van der Waals surface area contributed by atoms with Crippen molar-refractivity contribution < 1.29 is 9.47 Å². The number of hydrogen-bond acceptors (Lipinski definition) is 4. The molecule has 2 rings (SSSR count). The molecule has 0 spiro atoms. The van der Waals surface area contributed by atoms with E-state index in [1.807, 2.05) is 6.20 Å². The van der Waals surface area contributed by atoms with Crippen molar-refractivity contribution >= 4 is 22.6 Å². The standard InChI is InChI=1S/C13H19IN2O2/c1-2-5-18-12-9-15-13(14)8-11(12)10-16-3-6-17-7-4-16/h8-9H,2-7,10H2,1H3. The summed E-state index contributed by atoms with van der Waals surface area (Å²) in [5.74, 6) is 0.920. The molecule has 0 aromatic carbocycles. The summed E-state index contributed by atoms with van der Waals surface area (Å²) < 4.78 is 12.1. The first kappa shape index (κ1) is 14.0. The zero-order valence-corrected chi connectivity index (χ0v) is 12.9. The number of pyridine rings is 1. The van der Waals surface area contributed by atoms with Gasteiger partial charge in [0, 0.05) is 25.2 Å². The Balaban J connectivity index is 2.05. The van der Waals surface area contributed by atoms with E-state index < -0.39 is 0 Å². The van der Waals surface area contributed by atoms with Gasteiger partial charge in [0.1, 0.15) is 9.45 Å². The van der Waals surface area contributed by atoms with Gasteiger partial charge in [-0.3, -0.25) is 4.90 Å². The lowest BCUT2D eigenvalue weighted by Gasteiger charge is -2.27. The number of nitrogens with zero attached hydrogens (tertiary/aromatic N) is 2. The number of hydrogen-bond donors (Lipinski definition) is 0. The highest BCUT2D eigenvalue weighted by molar-refractivity contribution is 14.1. The summed E-state index contributed by atoms with van der Waals surface area (Å²) in [6.07, 6.45) is 2.86. The lowest BCUT2D eigenvalue weighted by atomic mass is 10.2. The van der Waals surface area contributed by atoms with E-state index in [-0.39, 0.29) is 0 Å². The average Bonchev–Trinajstić information content (AvgIpc) is 2.39. The average molecular weight is 362 g/mol. The molecule has 0 amide bonds. The van der Waals surface area contributed by atoms with Crippen LogP contribution in [-0.2, 0) is 11.3 Å². The molecular weight excluding hydrogens is 343 g/mol. The minimum absolute atomic E-state index is 0.748. The third kappa shape index (κ3) is 4.07. The Morgan fingerprint density at radius 3 is 2.94 bits per heavy atom. The maximum absolute atomic E-state index is 5.76. The van der Waals surface area contributed by atoms with Gasteiger partial charge >= 0.3 is 0 Å². The minimum Gasteiger partial charge on any atom is -0.492 e. The van der Waals surface area contributed by atoms with Crippen LogP contribution < -0.4 is 4.74 Å². The van der Waals surface area contributed by atoms with E-state index >= 15 is 0 Å². The first-order valence-electron chi connectivity index (χ1n) is 6.37. The smallest absolute Gasteiger partial charge is 0.142 e. The Hall–Kier alpha value is -0.400. The zero-order valence-electron chi connectivity index (χ0n) is 10.7. The molecule has 1 aromatic rings. The molecule has 0 radical (unpaired) electrons. The van der Waals surface area contributed by atoms with Crippen LogP contribution in [0.25, 0.3) is 0 Å². The summed E-state index contributed by atoms with van der Waals surface area (Å²) >= 11 is 2.24. The first-order chi connectivity index (χ1) is 8.79. The van der Waals surface area contributed by atoms with E-state index in [4.69, 9.17) is 9.47 Å². The molecule has 0 unspecified atom stereocenters. The fourth-order valence-electron chi connectivity index (χ4n) is 1.92. The molecule has 5 heteroatoms. The van der Waals surface area contributed by atoms with Gasteiger partial charge in [-0.2, -0.15) is 0 Å². The Morgan fingerprint density at radius 2 is 2.22 bits per heavy atom. The van der Waals surface area contributed by atoms with Gasteiger partial charge in [0.15, 0.2) is 0 Å². The highest BCUT2D eigenvalue weighted by atomic mass is 127. The Kier molecular flexibility index (Phi) is 5.65. The van der Waals surface area contributed by atoms with E-state index in [1.165, 1.54) is 5.56 Å². The van der Waals surface area contributed by atoms with Crippen molar-refractivity contribution in [2.75, 3.05) is 32.9 Å². The van der Waals surface area contributed by atoms with E-state index in [1.54, 1.807) is 0 Å². The van der Waals surface area contributed by atoms with E-state index in [2.05, 4.69) is 45.5 Å². The van der Waals surface area contributed by atoms with E-state index in [0.717, 1.165) is 55.3 Å². The molecule has 1 saturated heterocycles. The third-order valence-corrected chi connectivity index (χ3v) is 3.46. The summed E-state index contributed by atoms with van der Waals surface area (Å²) in [7, 11) is 0. The van der Waals surface area contributed by atoms with Gasteiger partial charge in [0.2, 0.25) is 0 Å². The Bertz CT molecular complexity index is 381. The van der Waals surface area contributed by atoms with Crippen molar-refractivity contribution in [1.29, 1.82) is 0 Å². The molecule has 0 aliphatic carbocycles. The van der Waals surface area contributed by atoms with Crippen molar-refractivity contribution in [3.63, 3.8) is 0 Å². The molecule has 1 aromatic heterocycles. The molecule has 18 heavy (non-hydrogen) atoms. The Morgan fingerprint density at radius 1 is 1.44 bits per heavy atom. The predicted octanol–water partition coefficient (Wildman–Crippen LogP) is 2.31. The van der Waals surface area contributed by atoms with Crippen LogP contribution >= 0.6 is 22.6 Å². The van der Waals surface area contributed by atoms with Crippen LogP contribution in [-0.4, -0.2) is 42.8 Å². The van der Waals surface area contributed by atoms with Crippen molar-refractivity contribution in [1.82, 2.24) is 9.88 Å². The van der Waals surface area contributed by atoms with Crippen molar-refractivity contribution in [2.45, 2.75) is 19.9 Å². The molecule has 0 saturated carbocycles. The SMILES string of the molecule is CCCOc1cnc(I)cc1CN1CCOCC1. The number of morpholine rings is 1. The maximum atomic E-state index is 5.76. The van der Waals surface area contributed by atoms with E-state index in [9.17, 15) is 0 Å². The quantitative estimate of drug-likeness (QED) is 0.595. The van der Waals surface area contributed by atoms with Crippen molar-refractivity contribution in [2.24, 2.45) is 0 Å². The fourth-order valence-corrected chi connectivity index (χ4v) is 2.44. The van der Waals surface area contributed by atoms with Gasteiger partial charge in [-0.05, 0) is 35.1 Å². The maximum Gasteiger partial charge on any atom is 0.142 e. The van der Waals surface area contributed by atoms with Crippen molar-refractivity contribution in [3.05, 3.63) is 21.5 Å². The predicted molar refractivity (Wildman–Crippen MR) is 78.8 cm³/mol. The third-order valence-electron chi connectivity index (χ3n) is 2.87. The number of ether oxygens (including phenoxy) is 2. The molecule has 0 bridgehead atoms. The highest BCUT2D eigenvalue weighted by Gasteiger charge is 2.14. The van der Waals surface area contributed by atoms with Crippen LogP contribution in [0.1, 0.15) is 18.9 Å². The summed E-state index contributed by atoms with van der Waals surface area (Å²) in [4.78, 5) is 6.70. The van der Waals surface area contributed by atoms with Crippen LogP contribution in [0.15, 0.2) is 12.3 Å². The van der Waals surface area contributed by atoms with Gasteiger partial charge in [-0.1, -0.05) is 6.92 Å². The summed E-state index contributed by atoms with van der Waals surface area (Å²) in [6.45, 7) is 7.42. The molecule has 4 nitrogen and oxygen atoms in total. The van der Waals surface area contributed by atoms with Crippen molar-refractivity contribution in [3.8, 4) is 5.75 Å². The lowest BCUT2D eigenvalue weighted by molar-refractivity contribution is 0.0338. The molecule has 2 heterocycles. The second-order valence-electron chi connectivity index (χ2n) is 4.35. The summed E-state index contributed by atoms with van der Waals surface area (Å²) in [5, 5.41) is 0. The summed E-state index contributed by atoms with van der Waals surface area (Å²) in [5.41, 5.74) is 1.23. The van der Waals surface area contributed by atoms with Crippen LogP contribution in [0, 0.1) is 3.70 Å². The second-order valence-corrected chi connectivity index (χ2v) is 5.46. The van der Waals surface area contributed by atoms with Gasteiger partial charge in [-0.15, -0.1) is 0 Å². The molecule has 1 aliphatic heterocycles. The van der Waals surface area contributed by atoms with Crippen LogP contribution in [0.4, 0.5) is 0 Å². The van der Waals surface area contributed by atoms with Gasteiger partial charge in [0.05, 0.1) is 26.0 Å². The fraction of sp³-hybridized carbons (Fsp3) is 0.615. The lowest BCUT2D eigenvalue weighted by Crippen LogP contribution is -2.35. The number of halogens is 1. The normalized spacial score (nSPS) is 16.8. The molecule has 0 atom stereocenters. The monoisotopic (exact) mass is 362 g/mol. The minimum atomic E-state index is 0.748. The summed E-state index contributed by atoms with van der Waals surface area (Å²) in [6, 6.07) is 2.11. The van der Waals surface area contributed by atoms with Crippen LogP contribution in [0.3, 0.4) is 0 Å². The van der Waals surface area contributed by atoms with E-state index in [0.29, 0.717) is 0 Å². The molecule has 1 fully saturated rings. The largest absolute Gasteiger partial charge is 0.492 e. The zero-order chi connectivity index (χ0) is 12.8.